The van der Waals surface area contributed by atoms with Crippen LogP contribution in [0.15, 0.2) is 29.2 Å². The molecule has 1 aliphatic carbocycles. The molecule has 1 aromatic rings. The average molecular weight is 316 g/mol. The predicted molar refractivity (Wildman–Crippen MR) is 91.5 cm³/mol. The van der Waals surface area contributed by atoms with Gasteiger partial charge in [-0.3, -0.25) is 4.79 Å². The van der Waals surface area contributed by atoms with E-state index in [0.29, 0.717) is 0 Å². The van der Waals surface area contributed by atoms with E-state index in [-0.39, 0.29) is 11.8 Å². The minimum absolute atomic E-state index is 0.148. The van der Waals surface area contributed by atoms with Crippen molar-refractivity contribution in [3.8, 4) is 5.40 Å². The molecule has 0 aromatic heterocycles. The molecular formula is C18H24N2OS. The van der Waals surface area contributed by atoms with Crippen LogP contribution in [0.1, 0.15) is 51.9 Å². The summed E-state index contributed by atoms with van der Waals surface area (Å²) in [6.45, 7) is 2.24. The number of anilines is 1. The zero-order valence-corrected chi connectivity index (χ0v) is 14.0. The van der Waals surface area contributed by atoms with Crippen LogP contribution in [-0.4, -0.2) is 5.91 Å². The molecule has 1 fully saturated rings. The minimum Gasteiger partial charge on any atom is -0.326 e. The monoisotopic (exact) mass is 316 g/mol. The molecule has 1 saturated carbocycles. The average Bonchev–Trinajstić information content (AvgIpc) is 2.55. The number of nitriles is 1. The number of thiocyanates is 1. The highest BCUT2D eigenvalue weighted by Gasteiger charge is 2.25. The lowest BCUT2D eigenvalue weighted by atomic mass is 9.79. The van der Waals surface area contributed by atoms with E-state index >= 15 is 0 Å². The van der Waals surface area contributed by atoms with Gasteiger partial charge in [0.25, 0.3) is 0 Å². The Morgan fingerprint density at radius 2 is 1.95 bits per heavy atom. The van der Waals surface area contributed by atoms with Crippen LogP contribution in [0, 0.1) is 22.5 Å². The van der Waals surface area contributed by atoms with Gasteiger partial charge in [0.1, 0.15) is 5.40 Å². The Morgan fingerprint density at radius 1 is 1.27 bits per heavy atom. The van der Waals surface area contributed by atoms with Crippen molar-refractivity contribution in [3.05, 3.63) is 24.3 Å². The Hall–Kier alpha value is -1.47. The summed E-state index contributed by atoms with van der Waals surface area (Å²) in [4.78, 5) is 13.2. The second kappa shape index (κ2) is 8.85. The van der Waals surface area contributed by atoms with Crippen LogP contribution in [-0.2, 0) is 4.79 Å². The molecule has 0 atom stereocenters. The molecule has 3 nitrogen and oxygen atoms in total. The molecule has 1 N–H and O–H groups in total. The van der Waals surface area contributed by atoms with E-state index in [9.17, 15) is 4.79 Å². The van der Waals surface area contributed by atoms with Crippen LogP contribution >= 0.6 is 11.8 Å². The first-order valence-electron chi connectivity index (χ1n) is 8.19. The largest absolute Gasteiger partial charge is 0.326 e. The van der Waals surface area contributed by atoms with Crippen molar-refractivity contribution in [2.75, 3.05) is 5.32 Å². The summed E-state index contributed by atoms with van der Waals surface area (Å²) in [6.07, 6.45) is 8.31. The van der Waals surface area contributed by atoms with Crippen molar-refractivity contribution in [2.24, 2.45) is 11.8 Å². The molecule has 2 rings (SSSR count). The van der Waals surface area contributed by atoms with Crippen LogP contribution in [0.25, 0.3) is 0 Å². The maximum atomic E-state index is 12.3. The van der Waals surface area contributed by atoms with Crippen molar-refractivity contribution in [1.82, 2.24) is 0 Å². The molecule has 1 aliphatic rings. The van der Waals surface area contributed by atoms with Crippen LogP contribution in [0.4, 0.5) is 5.69 Å². The van der Waals surface area contributed by atoms with Gasteiger partial charge in [0.2, 0.25) is 5.91 Å². The molecule has 0 unspecified atom stereocenters. The van der Waals surface area contributed by atoms with E-state index in [1.54, 1.807) is 0 Å². The van der Waals surface area contributed by atoms with Crippen LogP contribution in [0.2, 0.25) is 0 Å². The topological polar surface area (TPSA) is 52.9 Å². The van der Waals surface area contributed by atoms with E-state index in [2.05, 4.69) is 12.2 Å². The molecule has 0 spiro atoms. The molecule has 4 heteroatoms. The van der Waals surface area contributed by atoms with E-state index in [1.807, 2.05) is 29.7 Å². The standard InChI is InChI=1S/C18H24N2OS/c1-2-3-4-14-5-7-15(8-6-14)18(21)20-16-9-11-17(12-10-16)22-13-19/h9-12,14-15H,2-8H2,1H3,(H,20,21). The van der Waals surface area contributed by atoms with E-state index in [0.717, 1.165) is 41.1 Å². The fraction of sp³-hybridized carbons (Fsp3) is 0.556. The zero-order chi connectivity index (χ0) is 15.8. The first-order valence-corrected chi connectivity index (χ1v) is 9.01. The Labute approximate surface area is 137 Å². The van der Waals surface area contributed by atoms with Gasteiger partial charge in [0, 0.05) is 16.5 Å². The predicted octanol–water partition coefficient (Wildman–Crippen LogP) is 5.19. The van der Waals surface area contributed by atoms with Crippen LogP contribution in [0.3, 0.4) is 0 Å². The highest BCUT2D eigenvalue weighted by Crippen LogP contribution is 2.32. The number of amides is 1. The number of nitrogens with zero attached hydrogens (tertiary/aromatic N) is 1. The van der Waals surface area contributed by atoms with Crippen molar-refractivity contribution < 1.29 is 4.79 Å². The van der Waals surface area contributed by atoms with Crippen molar-refractivity contribution in [3.63, 3.8) is 0 Å². The fourth-order valence-electron chi connectivity index (χ4n) is 3.11. The molecular weight excluding hydrogens is 292 g/mol. The van der Waals surface area contributed by atoms with Gasteiger partial charge in [-0.25, -0.2) is 0 Å². The van der Waals surface area contributed by atoms with Gasteiger partial charge in [-0.1, -0.05) is 26.2 Å². The van der Waals surface area contributed by atoms with E-state index in [4.69, 9.17) is 5.26 Å². The number of carbonyl (C=O) groups is 1. The quantitative estimate of drug-likeness (QED) is 0.580. The zero-order valence-electron chi connectivity index (χ0n) is 13.2. The van der Waals surface area contributed by atoms with Gasteiger partial charge >= 0.3 is 0 Å². The maximum absolute atomic E-state index is 12.3. The third kappa shape index (κ3) is 5.06. The van der Waals surface area contributed by atoms with E-state index < -0.39 is 0 Å². The SMILES string of the molecule is CCCCC1CCC(C(=O)Nc2ccc(SC#N)cc2)CC1. The molecule has 22 heavy (non-hydrogen) atoms. The first kappa shape index (κ1) is 16.9. The molecule has 1 amide bonds. The summed E-state index contributed by atoms with van der Waals surface area (Å²) < 4.78 is 0. The minimum atomic E-state index is 0.148. The van der Waals surface area contributed by atoms with Gasteiger partial charge in [-0.15, -0.1) is 0 Å². The second-order valence-corrected chi connectivity index (χ2v) is 6.92. The number of rotatable bonds is 6. The number of unbranched alkanes of at least 4 members (excludes halogenated alkanes) is 1. The van der Waals surface area contributed by atoms with Gasteiger partial charge < -0.3 is 5.32 Å². The summed E-state index contributed by atoms with van der Waals surface area (Å²) in [6, 6.07) is 7.46. The Morgan fingerprint density at radius 3 is 2.55 bits per heavy atom. The summed E-state index contributed by atoms with van der Waals surface area (Å²) in [7, 11) is 0. The molecule has 118 valence electrons. The Balaban J connectivity index is 1.79. The molecule has 0 radical (unpaired) electrons. The Bertz CT molecular complexity index is 513. The molecule has 0 heterocycles. The fourth-order valence-corrected chi connectivity index (χ4v) is 3.49. The van der Waals surface area contributed by atoms with Crippen molar-refractivity contribution >= 4 is 23.4 Å². The molecule has 0 bridgehead atoms. The lowest BCUT2D eigenvalue weighted by Crippen LogP contribution is -2.27. The van der Waals surface area contributed by atoms with Gasteiger partial charge in [0.05, 0.1) is 0 Å². The maximum Gasteiger partial charge on any atom is 0.227 e. The highest BCUT2D eigenvalue weighted by molar-refractivity contribution is 8.03. The second-order valence-electron chi connectivity index (χ2n) is 6.07. The van der Waals surface area contributed by atoms with Crippen LogP contribution < -0.4 is 5.32 Å². The number of hydrogen-bond acceptors (Lipinski definition) is 3. The number of hydrogen-bond donors (Lipinski definition) is 1. The molecule has 0 aliphatic heterocycles. The number of nitrogens with one attached hydrogen (secondary N) is 1. The van der Waals surface area contributed by atoms with Crippen molar-refractivity contribution in [1.29, 1.82) is 5.26 Å². The lowest BCUT2D eigenvalue weighted by molar-refractivity contribution is -0.121. The Kier molecular flexibility index (Phi) is 6.79. The first-order chi connectivity index (χ1) is 10.7. The van der Waals surface area contributed by atoms with Gasteiger partial charge in [0.15, 0.2) is 0 Å². The van der Waals surface area contributed by atoms with Crippen molar-refractivity contribution in [2.45, 2.75) is 56.8 Å². The number of thioether (sulfide) groups is 1. The number of carbonyl (C=O) groups excluding carboxylic acids is 1. The third-order valence-electron chi connectivity index (χ3n) is 4.47. The summed E-state index contributed by atoms with van der Waals surface area (Å²) in [5.74, 6) is 1.13. The smallest absolute Gasteiger partial charge is 0.227 e. The number of benzene rings is 1. The molecule has 1 aromatic carbocycles. The lowest BCUT2D eigenvalue weighted by Gasteiger charge is -2.27. The van der Waals surface area contributed by atoms with Crippen LogP contribution in [0.5, 0.6) is 0 Å². The van der Waals surface area contributed by atoms with E-state index in [1.165, 1.54) is 32.1 Å². The third-order valence-corrected chi connectivity index (χ3v) is 5.07. The highest BCUT2D eigenvalue weighted by atomic mass is 32.2. The summed E-state index contributed by atoms with van der Waals surface area (Å²) in [5.41, 5.74) is 0.820. The van der Waals surface area contributed by atoms with Gasteiger partial charge in [-0.05, 0) is 67.6 Å². The molecule has 0 saturated heterocycles. The normalized spacial score (nSPS) is 21.1. The summed E-state index contributed by atoms with van der Waals surface area (Å²) in [5, 5.41) is 13.7. The summed E-state index contributed by atoms with van der Waals surface area (Å²) >= 11 is 1.13. The van der Waals surface area contributed by atoms with Gasteiger partial charge in [-0.2, -0.15) is 5.26 Å².